The zero-order valence-electron chi connectivity index (χ0n) is 12.9. The maximum absolute atomic E-state index is 12.3. The van der Waals surface area contributed by atoms with Crippen LogP contribution in [0.1, 0.15) is 15.6 Å². The Morgan fingerprint density at radius 3 is 2.79 bits per heavy atom. The van der Waals surface area contributed by atoms with Gasteiger partial charge in [-0.2, -0.15) is 0 Å². The first kappa shape index (κ1) is 14.8. The number of furan rings is 1. The number of benzene rings is 1. The predicted octanol–water partition coefficient (Wildman–Crippen LogP) is 3.74. The minimum Gasteiger partial charge on any atom is -0.486 e. The van der Waals surface area contributed by atoms with E-state index in [1.54, 1.807) is 30.3 Å². The van der Waals surface area contributed by atoms with Crippen molar-refractivity contribution >= 4 is 22.9 Å². The number of fused-ring (bicyclic) bond motifs is 1. The Balaban J connectivity index is 1.51. The molecular weight excluding hydrogens is 328 g/mol. The Bertz CT molecular complexity index is 900. The fraction of sp³-hybridized carbons (Fsp3) is 0.176. The van der Waals surface area contributed by atoms with Crippen LogP contribution in [0.4, 0.5) is 5.69 Å². The van der Waals surface area contributed by atoms with Crippen LogP contribution >= 0.6 is 11.3 Å². The molecule has 0 radical (unpaired) electrons. The summed E-state index contributed by atoms with van der Waals surface area (Å²) in [6.07, 6.45) is 0. The number of hydrogen-bond acceptors (Lipinski definition) is 6. The third-order valence-corrected chi connectivity index (χ3v) is 4.27. The molecule has 0 bridgehead atoms. The summed E-state index contributed by atoms with van der Waals surface area (Å²) in [4.78, 5) is 16.7. The van der Waals surface area contributed by atoms with Crippen LogP contribution in [0.15, 0.2) is 40.1 Å². The Morgan fingerprint density at radius 2 is 2.00 bits per heavy atom. The highest BCUT2D eigenvalue weighted by atomic mass is 32.1. The number of amides is 1. The van der Waals surface area contributed by atoms with Gasteiger partial charge in [0, 0.05) is 17.1 Å². The molecular formula is C17H14N2O4S. The molecule has 7 heteroatoms. The molecule has 1 N–H and O–H groups in total. The standard InChI is InChI=1S/C17H14N2O4S/c1-10-18-12(9-24-10)13-4-5-15(23-13)17(20)19-11-2-3-14-16(8-11)22-7-6-21-14/h2-5,8-9H,6-7H2,1H3,(H,19,20). The number of nitrogens with one attached hydrogen (secondary N) is 1. The zero-order valence-corrected chi connectivity index (χ0v) is 13.7. The first-order valence-electron chi connectivity index (χ1n) is 7.42. The van der Waals surface area contributed by atoms with Gasteiger partial charge in [-0.3, -0.25) is 4.79 Å². The molecule has 0 aliphatic carbocycles. The van der Waals surface area contributed by atoms with Crippen LogP contribution < -0.4 is 14.8 Å². The van der Waals surface area contributed by atoms with Crippen molar-refractivity contribution in [2.45, 2.75) is 6.92 Å². The third kappa shape index (κ3) is 2.85. The Morgan fingerprint density at radius 1 is 1.17 bits per heavy atom. The molecule has 2 aromatic heterocycles. The van der Waals surface area contributed by atoms with Gasteiger partial charge in [0.1, 0.15) is 18.9 Å². The van der Waals surface area contributed by atoms with Crippen LogP contribution in [0, 0.1) is 6.92 Å². The first-order valence-corrected chi connectivity index (χ1v) is 8.30. The maximum Gasteiger partial charge on any atom is 0.291 e. The zero-order chi connectivity index (χ0) is 16.5. The number of aryl methyl sites for hydroxylation is 1. The molecule has 0 atom stereocenters. The van der Waals surface area contributed by atoms with Crippen LogP contribution in [-0.2, 0) is 0 Å². The lowest BCUT2D eigenvalue weighted by atomic mass is 10.2. The lowest BCUT2D eigenvalue weighted by Gasteiger charge is -2.18. The van der Waals surface area contributed by atoms with Crippen molar-refractivity contribution in [3.8, 4) is 23.0 Å². The molecule has 3 heterocycles. The second-order valence-corrected chi connectivity index (χ2v) is 6.29. The minimum atomic E-state index is -0.329. The number of rotatable bonds is 3. The van der Waals surface area contributed by atoms with Crippen LogP contribution in [0.5, 0.6) is 11.5 Å². The molecule has 24 heavy (non-hydrogen) atoms. The maximum atomic E-state index is 12.3. The molecule has 1 aliphatic heterocycles. The molecule has 4 rings (SSSR count). The van der Waals surface area contributed by atoms with Gasteiger partial charge in [0.25, 0.3) is 5.91 Å². The quantitative estimate of drug-likeness (QED) is 0.785. The van der Waals surface area contributed by atoms with E-state index in [0.29, 0.717) is 36.2 Å². The average Bonchev–Trinajstić information content (AvgIpc) is 3.23. The molecule has 0 saturated carbocycles. The van der Waals surface area contributed by atoms with E-state index in [4.69, 9.17) is 13.9 Å². The van der Waals surface area contributed by atoms with Crippen molar-refractivity contribution in [1.82, 2.24) is 4.98 Å². The van der Waals surface area contributed by atoms with Crippen LogP contribution in [0.2, 0.25) is 0 Å². The number of ether oxygens (including phenoxy) is 2. The fourth-order valence-corrected chi connectivity index (χ4v) is 2.99. The lowest BCUT2D eigenvalue weighted by molar-refractivity contribution is 0.0997. The highest BCUT2D eigenvalue weighted by Gasteiger charge is 2.16. The number of aromatic nitrogens is 1. The fourth-order valence-electron chi connectivity index (χ4n) is 2.39. The molecule has 122 valence electrons. The molecule has 0 saturated heterocycles. The van der Waals surface area contributed by atoms with Crippen molar-refractivity contribution in [2.75, 3.05) is 18.5 Å². The lowest BCUT2D eigenvalue weighted by Crippen LogP contribution is -2.16. The summed E-state index contributed by atoms with van der Waals surface area (Å²) in [6.45, 7) is 2.95. The van der Waals surface area contributed by atoms with Gasteiger partial charge >= 0.3 is 0 Å². The van der Waals surface area contributed by atoms with Gasteiger partial charge in [-0.15, -0.1) is 11.3 Å². The minimum absolute atomic E-state index is 0.227. The number of hydrogen-bond donors (Lipinski definition) is 1. The van der Waals surface area contributed by atoms with E-state index in [2.05, 4.69) is 10.3 Å². The van der Waals surface area contributed by atoms with Crippen molar-refractivity contribution in [1.29, 1.82) is 0 Å². The molecule has 3 aromatic rings. The number of carbonyl (C=O) groups is 1. The Kier molecular flexibility index (Phi) is 3.70. The molecule has 1 amide bonds. The van der Waals surface area contributed by atoms with Gasteiger partial charge in [-0.25, -0.2) is 4.98 Å². The molecule has 1 aromatic carbocycles. The Hall–Kier alpha value is -2.80. The second-order valence-electron chi connectivity index (χ2n) is 5.23. The third-order valence-electron chi connectivity index (χ3n) is 3.50. The summed E-state index contributed by atoms with van der Waals surface area (Å²) in [5.74, 6) is 1.78. The molecule has 0 spiro atoms. The Labute approximate surface area is 142 Å². The van der Waals surface area contributed by atoms with Crippen molar-refractivity contribution in [3.05, 3.63) is 46.5 Å². The van der Waals surface area contributed by atoms with E-state index in [0.717, 1.165) is 10.7 Å². The number of thiazole rings is 1. The highest BCUT2D eigenvalue weighted by molar-refractivity contribution is 7.09. The summed E-state index contributed by atoms with van der Waals surface area (Å²) >= 11 is 1.54. The second kappa shape index (κ2) is 6.01. The summed E-state index contributed by atoms with van der Waals surface area (Å²) in [7, 11) is 0. The molecule has 0 unspecified atom stereocenters. The summed E-state index contributed by atoms with van der Waals surface area (Å²) < 4.78 is 16.6. The molecule has 0 fully saturated rings. The SMILES string of the molecule is Cc1nc(-c2ccc(C(=O)Nc3ccc4c(c3)OCCO4)o2)cs1. The van der Waals surface area contributed by atoms with Crippen LogP contribution in [0.3, 0.4) is 0 Å². The van der Waals surface area contributed by atoms with Crippen molar-refractivity contribution in [2.24, 2.45) is 0 Å². The molecule has 6 nitrogen and oxygen atoms in total. The van der Waals surface area contributed by atoms with E-state index >= 15 is 0 Å². The van der Waals surface area contributed by atoms with Gasteiger partial charge in [-0.05, 0) is 31.2 Å². The predicted molar refractivity (Wildman–Crippen MR) is 89.9 cm³/mol. The number of carbonyl (C=O) groups excluding carboxylic acids is 1. The van der Waals surface area contributed by atoms with Crippen molar-refractivity contribution < 1.29 is 18.7 Å². The van der Waals surface area contributed by atoms with Gasteiger partial charge in [-0.1, -0.05) is 0 Å². The van der Waals surface area contributed by atoms with Crippen LogP contribution in [-0.4, -0.2) is 24.1 Å². The number of nitrogens with zero attached hydrogens (tertiary/aromatic N) is 1. The van der Waals surface area contributed by atoms with Crippen molar-refractivity contribution in [3.63, 3.8) is 0 Å². The highest BCUT2D eigenvalue weighted by Crippen LogP contribution is 2.33. The first-order chi connectivity index (χ1) is 11.7. The van der Waals surface area contributed by atoms with Gasteiger partial charge in [0.2, 0.25) is 0 Å². The summed E-state index contributed by atoms with van der Waals surface area (Å²) in [5, 5.41) is 5.64. The normalized spacial score (nSPS) is 12.9. The largest absolute Gasteiger partial charge is 0.486 e. The van der Waals surface area contributed by atoms with E-state index in [1.807, 2.05) is 12.3 Å². The van der Waals surface area contributed by atoms with E-state index < -0.39 is 0 Å². The van der Waals surface area contributed by atoms with Crippen LogP contribution in [0.25, 0.3) is 11.5 Å². The summed E-state index contributed by atoms with van der Waals surface area (Å²) in [6, 6.07) is 8.65. The monoisotopic (exact) mass is 342 g/mol. The molecule has 1 aliphatic rings. The number of anilines is 1. The van der Waals surface area contributed by atoms with Gasteiger partial charge < -0.3 is 19.2 Å². The van der Waals surface area contributed by atoms with Gasteiger partial charge in [0.15, 0.2) is 23.0 Å². The van der Waals surface area contributed by atoms with E-state index in [9.17, 15) is 4.79 Å². The van der Waals surface area contributed by atoms with E-state index in [-0.39, 0.29) is 11.7 Å². The average molecular weight is 342 g/mol. The smallest absolute Gasteiger partial charge is 0.291 e. The van der Waals surface area contributed by atoms with Gasteiger partial charge in [0.05, 0.1) is 5.01 Å². The van der Waals surface area contributed by atoms with E-state index in [1.165, 1.54) is 11.3 Å². The summed E-state index contributed by atoms with van der Waals surface area (Å²) in [5.41, 5.74) is 1.35. The topological polar surface area (TPSA) is 73.6 Å².